The predicted octanol–water partition coefficient (Wildman–Crippen LogP) is -0.0983. The summed E-state index contributed by atoms with van der Waals surface area (Å²) in [6.07, 6.45) is 0. The highest BCUT2D eigenvalue weighted by atomic mass is 19.1. The van der Waals surface area contributed by atoms with E-state index in [9.17, 15) is 14.0 Å². The molecular formula is C17H23FN4O2. The number of rotatable bonds is 4. The van der Waals surface area contributed by atoms with E-state index in [4.69, 9.17) is 0 Å². The molecule has 0 aromatic heterocycles. The molecule has 2 amide bonds. The minimum Gasteiger partial charge on any atom is -0.354 e. The first kappa shape index (κ1) is 16.9. The lowest BCUT2D eigenvalue weighted by atomic mass is 10.2. The summed E-state index contributed by atoms with van der Waals surface area (Å²) in [6, 6.07) is 6.81. The second-order valence-electron chi connectivity index (χ2n) is 6.31. The second-order valence-corrected chi connectivity index (χ2v) is 6.31. The Balaban J connectivity index is 1.45. The van der Waals surface area contributed by atoms with Gasteiger partial charge in [-0.05, 0) is 6.07 Å². The van der Waals surface area contributed by atoms with Crippen LogP contribution in [0.15, 0.2) is 24.3 Å². The number of carbonyl (C=O) groups excluding carboxylic acids is 2. The van der Waals surface area contributed by atoms with E-state index >= 15 is 0 Å². The number of hydrogen-bond donors (Lipinski definition) is 1. The smallest absolute Gasteiger partial charge is 0.236 e. The van der Waals surface area contributed by atoms with Crippen LogP contribution in [0.5, 0.6) is 0 Å². The first-order valence-electron chi connectivity index (χ1n) is 8.34. The van der Waals surface area contributed by atoms with Crippen molar-refractivity contribution in [1.82, 2.24) is 20.0 Å². The summed E-state index contributed by atoms with van der Waals surface area (Å²) in [5.41, 5.74) is 0.691. The van der Waals surface area contributed by atoms with Gasteiger partial charge in [-0.2, -0.15) is 0 Å². The van der Waals surface area contributed by atoms with Crippen molar-refractivity contribution in [1.29, 1.82) is 0 Å². The Morgan fingerprint density at radius 3 is 2.54 bits per heavy atom. The van der Waals surface area contributed by atoms with E-state index in [0.29, 0.717) is 51.4 Å². The van der Waals surface area contributed by atoms with Crippen molar-refractivity contribution in [3.05, 3.63) is 35.6 Å². The molecule has 2 aliphatic rings. The lowest BCUT2D eigenvalue weighted by molar-refractivity contribution is -0.135. The third kappa shape index (κ3) is 4.30. The molecule has 1 aromatic rings. The molecule has 0 unspecified atom stereocenters. The quantitative estimate of drug-likeness (QED) is 0.836. The van der Waals surface area contributed by atoms with Crippen molar-refractivity contribution < 1.29 is 14.0 Å². The summed E-state index contributed by atoms with van der Waals surface area (Å²) >= 11 is 0. The van der Waals surface area contributed by atoms with Crippen molar-refractivity contribution in [2.45, 2.75) is 6.54 Å². The average molecular weight is 334 g/mol. The first-order chi connectivity index (χ1) is 11.6. The molecule has 3 rings (SSSR count). The molecule has 2 saturated heterocycles. The van der Waals surface area contributed by atoms with E-state index in [-0.39, 0.29) is 17.6 Å². The highest BCUT2D eigenvalue weighted by molar-refractivity contribution is 5.81. The van der Waals surface area contributed by atoms with Crippen molar-refractivity contribution in [2.75, 3.05) is 52.4 Å². The Labute approximate surface area is 141 Å². The van der Waals surface area contributed by atoms with Gasteiger partial charge in [-0.1, -0.05) is 18.2 Å². The van der Waals surface area contributed by atoms with Gasteiger partial charge in [0.25, 0.3) is 0 Å². The lowest BCUT2D eigenvalue weighted by Crippen LogP contribution is -2.54. The van der Waals surface area contributed by atoms with E-state index in [0.717, 1.165) is 13.1 Å². The standard InChI is InChI=1S/C17H23FN4O2/c18-15-4-2-1-3-14(15)11-20-7-9-22(10-8-20)17(24)13-21-6-5-19-16(23)12-21/h1-4H,5-13H2,(H,19,23). The zero-order valence-corrected chi connectivity index (χ0v) is 13.7. The number of nitrogens with zero attached hydrogens (tertiary/aromatic N) is 3. The Morgan fingerprint density at radius 2 is 1.83 bits per heavy atom. The SMILES string of the molecule is O=C1CN(CC(=O)N2CCN(Cc3ccccc3F)CC2)CCN1. The minimum atomic E-state index is -0.181. The number of benzene rings is 1. The summed E-state index contributed by atoms with van der Waals surface area (Å²) in [5.74, 6) is -0.140. The van der Waals surface area contributed by atoms with Gasteiger partial charge in [0.05, 0.1) is 13.1 Å². The molecule has 130 valence electrons. The maximum absolute atomic E-state index is 13.7. The van der Waals surface area contributed by atoms with Crippen LogP contribution in [-0.2, 0) is 16.1 Å². The van der Waals surface area contributed by atoms with Gasteiger partial charge in [-0.25, -0.2) is 4.39 Å². The number of piperazine rings is 2. The molecule has 2 heterocycles. The Bertz CT molecular complexity index is 602. The minimum absolute atomic E-state index is 0.0243. The third-order valence-corrected chi connectivity index (χ3v) is 4.55. The zero-order valence-electron chi connectivity index (χ0n) is 13.7. The fourth-order valence-electron chi connectivity index (χ4n) is 3.14. The Kier molecular flexibility index (Phi) is 5.42. The van der Waals surface area contributed by atoms with Crippen LogP contribution in [0.2, 0.25) is 0 Å². The van der Waals surface area contributed by atoms with Gasteiger partial charge in [0, 0.05) is 51.4 Å². The maximum atomic E-state index is 13.7. The molecule has 0 saturated carbocycles. The van der Waals surface area contributed by atoms with E-state index in [2.05, 4.69) is 10.2 Å². The van der Waals surface area contributed by atoms with Gasteiger partial charge in [0.2, 0.25) is 11.8 Å². The molecule has 7 heteroatoms. The molecule has 0 radical (unpaired) electrons. The molecule has 1 N–H and O–H groups in total. The van der Waals surface area contributed by atoms with Crippen LogP contribution in [-0.4, -0.2) is 78.9 Å². The number of hydrogen-bond acceptors (Lipinski definition) is 4. The van der Waals surface area contributed by atoms with Crippen molar-refractivity contribution in [3.8, 4) is 0 Å². The highest BCUT2D eigenvalue weighted by Crippen LogP contribution is 2.12. The zero-order chi connectivity index (χ0) is 16.9. The van der Waals surface area contributed by atoms with Crippen molar-refractivity contribution in [2.24, 2.45) is 0 Å². The summed E-state index contributed by atoms with van der Waals surface area (Å²) < 4.78 is 13.7. The van der Waals surface area contributed by atoms with Crippen LogP contribution in [0.4, 0.5) is 4.39 Å². The van der Waals surface area contributed by atoms with Crippen LogP contribution < -0.4 is 5.32 Å². The predicted molar refractivity (Wildman–Crippen MR) is 87.7 cm³/mol. The van der Waals surface area contributed by atoms with Gasteiger partial charge < -0.3 is 10.2 Å². The van der Waals surface area contributed by atoms with Crippen LogP contribution in [0.25, 0.3) is 0 Å². The monoisotopic (exact) mass is 334 g/mol. The number of nitrogens with one attached hydrogen (secondary N) is 1. The lowest BCUT2D eigenvalue weighted by Gasteiger charge is -2.36. The van der Waals surface area contributed by atoms with Gasteiger partial charge >= 0.3 is 0 Å². The first-order valence-corrected chi connectivity index (χ1v) is 8.34. The molecule has 2 aliphatic heterocycles. The third-order valence-electron chi connectivity index (χ3n) is 4.55. The van der Waals surface area contributed by atoms with E-state index < -0.39 is 0 Å². The normalized spacial score (nSPS) is 20.0. The molecule has 24 heavy (non-hydrogen) atoms. The highest BCUT2D eigenvalue weighted by Gasteiger charge is 2.25. The van der Waals surface area contributed by atoms with E-state index in [1.165, 1.54) is 6.07 Å². The summed E-state index contributed by atoms with van der Waals surface area (Å²) in [7, 11) is 0. The number of carbonyl (C=O) groups is 2. The Hall–Kier alpha value is -1.99. The van der Waals surface area contributed by atoms with Crippen molar-refractivity contribution >= 4 is 11.8 Å². The van der Waals surface area contributed by atoms with Gasteiger partial charge in [0.15, 0.2) is 0 Å². The fourth-order valence-corrected chi connectivity index (χ4v) is 3.14. The van der Waals surface area contributed by atoms with Gasteiger partial charge in [-0.15, -0.1) is 0 Å². The molecule has 0 aliphatic carbocycles. The number of amides is 2. The molecule has 0 bridgehead atoms. The van der Waals surface area contributed by atoms with Gasteiger partial charge in [0.1, 0.15) is 5.82 Å². The van der Waals surface area contributed by atoms with E-state index in [1.54, 1.807) is 12.1 Å². The molecule has 2 fully saturated rings. The summed E-state index contributed by atoms with van der Waals surface area (Å²) in [5, 5.41) is 2.76. The van der Waals surface area contributed by atoms with Crippen LogP contribution in [0.1, 0.15) is 5.56 Å². The molecule has 1 aromatic carbocycles. The van der Waals surface area contributed by atoms with Gasteiger partial charge in [-0.3, -0.25) is 19.4 Å². The Morgan fingerprint density at radius 1 is 1.08 bits per heavy atom. The summed E-state index contributed by atoms with van der Waals surface area (Å²) in [4.78, 5) is 29.6. The topological polar surface area (TPSA) is 55.9 Å². The van der Waals surface area contributed by atoms with Crippen LogP contribution in [0, 0.1) is 5.82 Å². The largest absolute Gasteiger partial charge is 0.354 e. The van der Waals surface area contributed by atoms with Crippen molar-refractivity contribution in [3.63, 3.8) is 0 Å². The second kappa shape index (κ2) is 7.72. The molecule has 0 spiro atoms. The maximum Gasteiger partial charge on any atom is 0.236 e. The van der Waals surface area contributed by atoms with Crippen LogP contribution >= 0.6 is 0 Å². The molecule has 6 nitrogen and oxygen atoms in total. The molecule has 0 atom stereocenters. The fraction of sp³-hybridized carbons (Fsp3) is 0.529. The van der Waals surface area contributed by atoms with Crippen LogP contribution in [0.3, 0.4) is 0 Å². The van der Waals surface area contributed by atoms with E-state index in [1.807, 2.05) is 15.9 Å². The number of halogens is 1. The summed E-state index contributed by atoms with van der Waals surface area (Å²) in [6.45, 7) is 5.23. The molecular weight excluding hydrogens is 311 g/mol. The average Bonchev–Trinajstić information content (AvgIpc) is 2.57.